The van der Waals surface area contributed by atoms with Crippen LogP contribution in [-0.4, -0.2) is 48.5 Å². The van der Waals surface area contributed by atoms with Gasteiger partial charge in [0.2, 0.25) is 5.75 Å². The maximum Gasteiger partial charge on any atom is 0.203 e. The molecule has 1 saturated heterocycles. The van der Waals surface area contributed by atoms with E-state index in [0.29, 0.717) is 37.0 Å². The van der Waals surface area contributed by atoms with Crippen molar-refractivity contribution in [3.05, 3.63) is 39.5 Å². The Kier molecular flexibility index (Phi) is 5.03. The van der Waals surface area contributed by atoms with E-state index >= 15 is 0 Å². The Hall–Kier alpha value is -1.47. The second-order valence-corrected chi connectivity index (χ2v) is 8.03. The Labute approximate surface area is 155 Å². The normalized spacial score (nSPS) is 23.4. The number of benzene rings is 1. The SMILES string of the molecule is O[C@@H]1CN(Cc2ccc(Cl)s2)CC[C@H]1Oc1cccc2c1OCCO2. The highest BCUT2D eigenvalue weighted by molar-refractivity contribution is 7.16. The molecule has 2 aliphatic heterocycles. The summed E-state index contributed by atoms with van der Waals surface area (Å²) < 4.78 is 18.1. The number of piperidine rings is 1. The first-order valence-corrected chi connectivity index (χ1v) is 9.58. The Balaban J connectivity index is 1.39. The molecule has 0 bridgehead atoms. The number of ether oxygens (including phenoxy) is 3. The van der Waals surface area contributed by atoms with Crippen molar-refractivity contribution in [2.75, 3.05) is 26.3 Å². The molecule has 0 unspecified atom stereocenters. The number of nitrogens with zero attached hydrogens (tertiary/aromatic N) is 1. The third-order valence-electron chi connectivity index (χ3n) is 4.42. The largest absolute Gasteiger partial charge is 0.486 e. The van der Waals surface area contributed by atoms with Gasteiger partial charge in [-0.05, 0) is 30.7 Å². The fourth-order valence-electron chi connectivity index (χ4n) is 3.22. The predicted molar refractivity (Wildman–Crippen MR) is 97.1 cm³/mol. The lowest BCUT2D eigenvalue weighted by atomic mass is 10.0. The van der Waals surface area contributed by atoms with Crippen molar-refractivity contribution in [1.82, 2.24) is 4.90 Å². The van der Waals surface area contributed by atoms with Crippen LogP contribution in [-0.2, 0) is 6.54 Å². The van der Waals surface area contributed by atoms with Gasteiger partial charge in [-0.15, -0.1) is 11.3 Å². The third-order valence-corrected chi connectivity index (χ3v) is 5.64. The molecule has 4 rings (SSSR count). The number of hydrogen-bond acceptors (Lipinski definition) is 6. The van der Waals surface area contributed by atoms with Gasteiger partial charge in [0.15, 0.2) is 11.5 Å². The number of para-hydroxylation sites is 1. The van der Waals surface area contributed by atoms with Crippen molar-refractivity contribution in [3.63, 3.8) is 0 Å². The highest BCUT2D eigenvalue weighted by Gasteiger charge is 2.31. The molecule has 0 saturated carbocycles. The van der Waals surface area contributed by atoms with Crippen molar-refractivity contribution in [2.24, 2.45) is 0 Å². The Morgan fingerprint density at radius 2 is 2.12 bits per heavy atom. The molecule has 0 aliphatic carbocycles. The summed E-state index contributed by atoms with van der Waals surface area (Å²) in [5.74, 6) is 1.97. The van der Waals surface area contributed by atoms with Crippen LogP contribution in [0.5, 0.6) is 17.2 Å². The summed E-state index contributed by atoms with van der Waals surface area (Å²) in [7, 11) is 0. The minimum Gasteiger partial charge on any atom is -0.486 e. The average molecular weight is 382 g/mol. The van der Waals surface area contributed by atoms with Gasteiger partial charge in [-0.25, -0.2) is 0 Å². The smallest absolute Gasteiger partial charge is 0.203 e. The van der Waals surface area contributed by atoms with Crippen LogP contribution in [0.4, 0.5) is 0 Å². The van der Waals surface area contributed by atoms with Gasteiger partial charge in [-0.3, -0.25) is 4.90 Å². The monoisotopic (exact) mass is 381 g/mol. The molecule has 0 radical (unpaired) electrons. The van der Waals surface area contributed by atoms with Gasteiger partial charge in [0, 0.05) is 24.5 Å². The molecule has 0 amide bonds. The molecule has 1 aromatic carbocycles. The first-order valence-electron chi connectivity index (χ1n) is 8.39. The van der Waals surface area contributed by atoms with Gasteiger partial charge < -0.3 is 19.3 Å². The fraction of sp³-hybridized carbons (Fsp3) is 0.444. The standard InChI is InChI=1S/C18H20ClNO4S/c19-17-5-4-12(25-17)10-20-7-6-14(13(21)11-20)24-16-3-1-2-15-18(16)23-9-8-22-15/h1-5,13-14,21H,6-11H2/t13-,14-/m1/s1. The molecule has 2 aromatic rings. The van der Waals surface area contributed by atoms with E-state index in [1.54, 1.807) is 11.3 Å². The van der Waals surface area contributed by atoms with Crippen LogP contribution >= 0.6 is 22.9 Å². The molecule has 3 heterocycles. The number of β-amino-alcohol motifs (C(OH)–C–C–N with tert-alkyl or cyclic N) is 1. The summed E-state index contributed by atoms with van der Waals surface area (Å²) >= 11 is 7.57. The number of aliphatic hydroxyl groups excluding tert-OH is 1. The van der Waals surface area contributed by atoms with Gasteiger partial charge in [0.05, 0.1) is 4.34 Å². The summed E-state index contributed by atoms with van der Waals surface area (Å²) in [6, 6.07) is 9.56. The molecule has 1 fully saturated rings. The van der Waals surface area contributed by atoms with E-state index in [2.05, 4.69) is 4.90 Å². The summed E-state index contributed by atoms with van der Waals surface area (Å²) in [6.45, 7) is 3.30. The van der Waals surface area contributed by atoms with Crippen LogP contribution in [0.1, 0.15) is 11.3 Å². The fourth-order valence-corrected chi connectivity index (χ4v) is 4.35. The van der Waals surface area contributed by atoms with Crippen LogP contribution in [0.15, 0.2) is 30.3 Å². The molecule has 1 aromatic heterocycles. The first kappa shape index (κ1) is 17.0. The molecular weight excluding hydrogens is 362 g/mol. The lowest BCUT2D eigenvalue weighted by molar-refractivity contribution is -0.0288. The molecule has 1 N–H and O–H groups in total. The van der Waals surface area contributed by atoms with Crippen LogP contribution in [0.2, 0.25) is 4.34 Å². The van der Waals surface area contributed by atoms with E-state index in [-0.39, 0.29) is 6.10 Å². The predicted octanol–water partition coefficient (Wildman–Crippen LogP) is 3.19. The maximum absolute atomic E-state index is 10.5. The van der Waals surface area contributed by atoms with E-state index in [4.69, 9.17) is 25.8 Å². The van der Waals surface area contributed by atoms with E-state index in [1.807, 2.05) is 30.3 Å². The number of halogens is 1. The third kappa shape index (κ3) is 3.87. The number of fused-ring (bicyclic) bond motifs is 1. The molecule has 25 heavy (non-hydrogen) atoms. The quantitative estimate of drug-likeness (QED) is 0.881. The lowest BCUT2D eigenvalue weighted by Gasteiger charge is -2.36. The second kappa shape index (κ2) is 7.41. The van der Waals surface area contributed by atoms with E-state index in [1.165, 1.54) is 4.88 Å². The van der Waals surface area contributed by atoms with E-state index < -0.39 is 6.10 Å². The van der Waals surface area contributed by atoms with Gasteiger partial charge in [-0.1, -0.05) is 17.7 Å². The summed E-state index contributed by atoms with van der Waals surface area (Å²) in [4.78, 5) is 3.44. The average Bonchev–Trinajstić information content (AvgIpc) is 3.02. The Bertz CT molecular complexity index is 738. The van der Waals surface area contributed by atoms with Crippen LogP contribution in [0.25, 0.3) is 0 Å². The van der Waals surface area contributed by atoms with Gasteiger partial charge >= 0.3 is 0 Å². The highest BCUT2D eigenvalue weighted by atomic mass is 35.5. The number of likely N-dealkylation sites (tertiary alicyclic amines) is 1. The van der Waals surface area contributed by atoms with Gasteiger partial charge in [-0.2, -0.15) is 0 Å². The van der Waals surface area contributed by atoms with E-state index in [0.717, 1.165) is 23.8 Å². The van der Waals surface area contributed by atoms with Crippen LogP contribution in [0.3, 0.4) is 0 Å². The van der Waals surface area contributed by atoms with E-state index in [9.17, 15) is 5.11 Å². The molecule has 134 valence electrons. The van der Waals surface area contributed by atoms with Gasteiger partial charge in [0.25, 0.3) is 0 Å². The van der Waals surface area contributed by atoms with Crippen molar-refractivity contribution >= 4 is 22.9 Å². The lowest BCUT2D eigenvalue weighted by Crippen LogP contribution is -2.48. The summed E-state index contributed by atoms with van der Waals surface area (Å²) in [5.41, 5.74) is 0. The zero-order valence-corrected chi connectivity index (χ0v) is 15.3. The molecule has 0 spiro atoms. The van der Waals surface area contributed by atoms with Crippen molar-refractivity contribution in [2.45, 2.75) is 25.2 Å². The number of aliphatic hydroxyl groups is 1. The highest BCUT2D eigenvalue weighted by Crippen LogP contribution is 2.40. The summed E-state index contributed by atoms with van der Waals surface area (Å²) in [6.07, 6.45) is -0.0464. The topological polar surface area (TPSA) is 51.2 Å². The molecular formula is C18H20ClNO4S. The molecule has 5 nitrogen and oxygen atoms in total. The van der Waals surface area contributed by atoms with Crippen molar-refractivity contribution in [1.29, 1.82) is 0 Å². The Morgan fingerprint density at radius 3 is 2.92 bits per heavy atom. The number of thiophene rings is 1. The second-order valence-electron chi connectivity index (χ2n) is 6.23. The molecule has 2 atom stereocenters. The van der Waals surface area contributed by atoms with Crippen LogP contribution < -0.4 is 14.2 Å². The zero-order chi connectivity index (χ0) is 17.2. The minimum atomic E-state index is -0.551. The molecule has 7 heteroatoms. The first-order chi connectivity index (χ1) is 12.2. The number of hydrogen-bond donors (Lipinski definition) is 1. The maximum atomic E-state index is 10.5. The molecule has 2 aliphatic rings. The van der Waals surface area contributed by atoms with Crippen LogP contribution in [0, 0.1) is 0 Å². The Morgan fingerprint density at radius 1 is 1.24 bits per heavy atom. The van der Waals surface area contributed by atoms with Crippen molar-refractivity contribution in [3.8, 4) is 17.2 Å². The number of rotatable bonds is 4. The minimum absolute atomic E-state index is 0.250. The van der Waals surface area contributed by atoms with Crippen molar-refractivity contribution < 1.29 is 19.3 Å². The summed E-state index contributed by atoms with van der Waals surface area (Å²) in [5, 5.41) is 10.5. The van der Waals surface area contributed by atoms with Gasteiger partial charge in [0.1, 0.15) is 25.4 Å². The zero-order valence-electron chi connectivity index (χ0n) is 13.7.